The summed E-state index contributed by atoms with van der Waals surface area (Å²) in [7, 11) is -3.61. The molecular formula is C17H26N2O4S. The van der Waals surface area contributed by atoms with Crippen LogP contribution >= 0.6 is 0 Å². The Bertz CT molecular complexity index is 680. The van der Waals surface area contributed by atoms with Crippen molar-refractivity contribution in [2.75, 3.05) is 6.54 Å². The van der Waals surface area contributed by atoms with Gasteiger partial charge >= 0.3 is 0 Å². The highest BCUT2D eigenvalue weighted by Crippen LogP contribution is 2.18. The molecule has 6 nitrogen and oxygen atoms in total. The summed E-state index contributed by atoms with van der Waals surface area (Å²) in [4.78, 5) is 12.2. The number of aliphatic hydroxyl groups excluding tert-OH is 1. The van der Waals surface area contributed by atoms with Gasteiger partial charge in [0.25, 0.3) is 0 Å². The van der Waals surface area contributed by atoms with Gasteiger partial charge in [0.1, 0.15) is 0 Å². The number of aliphatic hydroxyl groups is 1. The molecule has 1 fully saturated rings. The fraction of sp³-hybridized carbons (Fsp3) is 0.588. The molecule has 0 bridgehead atoms. The molecule has 3 N–H and O–H groups in total. The van der Waals surface area contributed by atoms with E-state index in [0.29, 0.717) is 18.4 Å². The van der Waals surface area contributed by atoms with Crippen molar-refractivity contribution in [1.82, 2.24) is 10.0 Å². The third-order valence-electron chi connectivity index (χ3n) is 4.34. The zero-order valence-corrected chi connectivity index (χ0v) is 15.0. The molecule has 0 heterocycles. The highest BCUT2D eigenvalue weighted by Gasteiger charge is 2.21. The minimum absolute atomic E-state index is 0.0664. The van der Waals surface area contributed by atoms with E-state index in [1.165, 1.54) is 0 Å². The first-order chi connectivity index (χ1) is 11.3. The maximum Gasteiger partial charge on any atom is 0.240 e. The summed E-state index contributed by atoms with van der Waals surface area (Å²) >= 11 is 0. The number of carbonyl (C=O) groups is 1. The lowest BCUT2D eigenvalue weighted by Crippen LogP contribution is -2.40. The van der Waals surface area contributed by atoms with Crippen molar-refractivity contribution in [2.45, 2.75) is 63.0 Å². The summed E-state index contributed by atoms with van der Waals surface area (Å²) in [5.41, 5.74) is 1.55. The van der Waals surface area contributed by atoms with E-state index in [1.54, 1.807) is 19.1 Å². The molecule has 1 aliphatic rings. The van der Waals surface area contributed by atoms with E-state index in [0.717, 1.165) is 18.4 Å². The second kappa shape index (κ2) is 8.09. The topological polar surface area (TPSA) is 95.5 Å². The smallest absolute Gasteiger partial charge is 0.240 e. The lowest BCUT2D eigenvalue weighted by atomic mass is 9.93. The van der Waals surface area contributed by atoms with E-state index in [4.69, 9.17) is 0 Å². The molecule has 7 heteroatoms. The van der Waals surface area contributed by atoms with E-state index >= 15 is 0 Å². The molecule has 0 atom stereocenters. The third kappa shape index (κ3) is 5.29. The van der Waals surface area contributed by atoms with Crippen molar-refractivity contribution in [3.63, 3.8) is 0 Å². The first kappa shape index (κ1) is 18.9. The van der Waals surface area contributed by atoms with Gasteiger partial charge in [-0.3, -0.25) is 4.79 Å². The van der Waals surface area contributed by atoms with Crippen LogP contribution in [-0.4, -0.2) is 38.1 Å². The second-order valence-corrected chi connectivity index (χ2v) is 8.23. The number of aryl methyl sites for hydroxylation is 2. The Morgan fingerprint density at radius 2 is 1.88 bits per heavy atom. The summed E-state index contributed by atoms with van der Waals surface area (Å²) in [6.45, 7) is 3.65. The summed E-state index contributed by atoms with van der Waals surface area (Å²) in [6.07, 6.45) is 2.77. The summed E-state index contributed by atoms with van der Waals surface area (Å²) in [6, 6.07) is 5.35. The molecule has 0 saturated heterocycles. The minimum Gasteiger partial charge on any atom is -0.393 e. The molecule has 1 saturated carbocycles. The van der Waals surface area contributed by atoms with Gasteiger partial charge in [-0.2, -0.15) is 0 Å². The number of rotatable bonds is 6. The quantitative estimate of drug-likeness (QED) is 0.719. The normalized spacial score (nSPS) is 21.5. The van der Waals surface area contributed by atoms with Gasteiger partial charge in [-0.25, -0.2) is 13.1 Å². The highest BCUT2D eigenvalue weighted by molar-refractivity contribution is 7.89. The zero-order chi connectivity index (χ0) is 17.7. The van der Waals surface area contributed by atoms with Gasteiger partial charge in [-0.05, 0) is 56.7 Å². The molecular weight excluding hydrogens is 328 g/mol. The summed E-state index contributed by atoms with van der Waals surface area (Å²) in [5, 5.41) is 12.4. The van der Waals surface area contributed by atoms with Gasteiger partial charge in [-0.1, -0.05) is 12.1 Å². The van der Waals surface area contributed by atoms with Crippen LogP contribution < -0.4 is 10.0 Å². The van der Waals surface area contributed by atoms with Gasteiger partial charge in [0.15, 0.2) is 0 Å². The maximum atomic E-state index is 12.3. The van der Waals surface area contributed by atoms with Crippen molar-refractivity contribution in [1.29, 1.82) is 0 Å². The Morgan fingerprint density at radius 1 is 1.21 bits per heavy atom. The van der Waals surface area contributed by atoms with Crippen LogP contribution in [0.25, 0.3) is 0 Å². The number of amides is 1. The number of benzene rings is 1. The predicted octanol–water partition coefficient (Wildman–Crippen LogP) is 1.39. The maximum absolute atomic E-state index is 12.3. The fourth-order valence-electron chi connectivity index (χ4n) is 2.89. The van der Waals surface area contributed by atoms with E-state index in [-0.39, 0.29) is 35.9 Å². The van der Waals surface area contributed by atoms with Crippen LogP contribution in [-0.2, 0) is 14.8 Å². The molecule has 0 aliphatic heterocycles. The van der Waals surface area contributed by atoms with Crippen molar-refractivity contribution in [2.24, 2.45) is 0 Å². The van der Waals surface area contributed by atoms with Crippen LogP contribution in [0, 0.1) is 13.8 Å². The number of sulfonamides is 1. The van der Waals surface area contributed by atoms with Gasteiger partial charge in [0.05, 0.1) is 11.0 Å². The monoisotopic (exact) mass is 354 g/mol. The van der Waals surface area contributed by atoms with Crippen molar-refractivity contribution in [3.8, 4) is 0 Å². The average molecular weight is 354 g/mol. The standard InChI is InChI=1S/C17H26N2O4S/c1-12-3-4-13(2)16(11-12)24(22,23)18-10-9-17(21)19-14-5-7-15(20)8-6-14/h3-4,11,14-15,18,20H,5-10H2,1-2H3,(H,19,21). The van der Waals surface area contributed by atoms with Gasteiger partial charge in [-0.15, -0.1) is 0 Å². The number of hydrogen-bond acceptors (Lipinski definition) is 4. The summed E-state index contributed by atoms with van der Waals surface area (Å²) < 4.78 is 27.2. The first-order valence-electron chi connectivity index (χ1n) is 8.32. The van der Waals surface area contributed by atoms with Crippen LogP contribution in [0.3, 0.4) is 0 Å². The van der Waals surface area contributed by atoms with E-state index in [9.17, 15) is 18.3 Å². The number of hydrogen-bond donors (Lipinski definition) is 3. The molecule has 134 valence electrons. The molecule has 1 amide bonds. The van der Waals surface area contributed by atoms with Crippen molar-refractivity contribution >= 4 is 15.9 Å². The van der Waals surface area contributed by atoms with E-state index < -0.39 is 10.0 Å². The van der Waals surface area contributed by atoms with Crippen LogP contribution in [0.2, 0.25) is 0 Å². The third-order valence-corrected chi connectivity index (χ3v) is 5.94. The number of carbonyl (C=O) groups excluding carboxylic acids is 1. The van der Waals surface area contributed by atoms with Crippen LogP contribution in [0.5, 0.6) is 0 Å². The molecule has 0 unspecified atom stereocenters. The molecule has 2 rings (SSSR count). The molecule has 1 aromatic carbocycles. The SMILES string of the molecule is Cc1ccc(C)c(S(=O)(=O)NCCC(=O)NC2CCC(O)CC2)c1. The molecule has 24 heavy (non-hydrogen) atoms. The molecule has 0 radical (unpaired) electrons. The molecule has 1 aliphatic carbocycles. The summed E-state index contributed by atoms with van der Waals surface area (Å²) in [5.74, 6) is -0.167. The molecule has 0 spiro atoms. The highest BCUT2D eigenvalue weighted by atomic mass is 32.2. The zero-order valence-electron chi connectivity index (χ0n) is 14.2. The van der Waals surface area contributed by atoms with Crippen molar-refractivity contribution < 1.29 is 18.3 Å². The lowest BCUT2D eigenvalue weighted by Gasteiger charge is -2.26. The van der Waals surface area contributed by atoms with E-state index in [2.05, 4.69) is 10.0 Å². The van der Waals surface area contributed by atoms with Gasteiger partial charge in [0.2, 0.25) is 15.9 Å². The Labute approximate surface area is 143 Å². The minimum atomic E-state index is -3.61. The van der Waals surface area contributed by atoms with Crippen molar-refractivity contribution in [3.05, 3.63) is 29.3 Å². The number of nitrogens with one attached hydrogen (secondary N) is 2. The Kier molecular flexibility index (Phi) is 6.37. The van der Waals surface area contributed by atoms with Gasteiger partial charge < -0.3 is 10.4 Å². The lowest BCUT2D eigenvalue weighted by molar-refractivity contribution is -0.122. The van der Waals surface area contributed by atoms with Crippen LogP contribution in [0.15, 0.2) is 23.1 Å². The van der Waals surface area contributed by atoms with E-state index in [1.807, 2.05) is 13.0 Å². The first-order valence-corrected chi connectivity index (χ1v) is 9.80. The Morgan fingerprint density at radius 3 is 2.54 bits per heavy atom. The second-order valence-electron chi connectivity index (χ2n) is 6.49. The fourth-order valence-corrected chi connectivity index (χ4v) is 4.25. The molecule has 0 aromatic heterocycles. The average Bonchev–Trinajstić information content (AvgIpc) is 2.51. The Hall–Kier alpha value is -1.44. The van der Waals surface area contributed by atoms with Crippen LogP contribution in [0.4, 0.5) is 0 Å². The predicted molar refractivity (Wildman–Crippen MR) is 92.1 cm³/mol. The Balaban J connectivity index is 1.82. The largest absolute Gasteiger partial charge is 0.393 e. The van der Waals surface area contributed by atoms with Gasteiger partial charge in [0, 0.05) is 19.0 Å². The van der Waals surface area contributed by atoms with Crippen LogP contribution in [0.1, 0.15) is 43.2 Å². The molecule has 1 aromatic rings.